The Morgan fingerprint density at radius 3 is 2.74 bits per heavy atom. The number of nitrogens with zero attached hydrogens (tertiary/aromatic N) is 2. The van der Waals surface area contributed by atoms with Gasteiger partial charge in [-0.05, 0) is 0 Å². The van der Waals surface area contributed by atoms with E-state index in [4.69, 9.17) is 14.3 Å². The lowest BCUT2D eigenvalue weighted by Gasteiger charge is -2.34. The van der Waals surface area contributed by atoms with Gasteiger partial charge in [0.1, 0.15) is 6.26 Å². The quantitative estimate of drug-likeness (QED) is 0.787. The van der Waals surface area contributed by atoms with Crippen LogP contribution in [0.1, 0.15) is 16.8 Å². The molecule has 10 heteroatoms. The molecule has 0 spiro atoms. The molecule has 0 aromatic carbocycles. The van der Waals surface area contributed by atoms with Crippen LogP contribution in [-0.4, -0.2) is 74.5 Å². The van der Waals surface area contributed by atoms with Gasteiger partial charge in [0, 0.05) is 26.7 Å². The van der Waals surface area contributed by atoms with Gasteiger partial charge in [0.15, 0.2) is 0 Å². The summed E-state index contributed by atoms with van der Waals surface area (Å²) in [6.45, 7) is 0.652. The molecule has 1 amide bonds. The predicted molar refractivity (Wildman–Crippen MR) is 77.5 cm³/mol. The molecule has 23 heavy (non-hydrogen) atoms. The van der Waals surface area contributed by atoms with Gasteiger partial charge in [-0.3, -0.25) is 9.59 Å². The number of ether oxygens (including phenoxy) is 1. The molecule has 0 radical (unpaired) electrons. The largest absolute Gasteiger partial charge is 0.481 e. The van der Waals surface area contributed by atoms with Crippen molar-refractivity contribution >= 4 is 21.9 Å². The van der Waals surface area contributed by atoms with Crippen LogP contribution in [0.4, 0.5) is 0 Å². The molecular formula is C13H18N2O7S. The number of sulfonamides is 1. The van der Waals surface area contributed by atoms with Crippen molar-refractivity contribution in [3.05, 3.63) is 17.9 Å². The number of carbonyl (C=O) groups is 2. The number of carboxylic acids is 1. The first-order valence-corrected chi connectivity index (χ1v) is 8.29. The highest BCUT2D eigenvalue weighted by molar-refractivity contribution is 7.88. The van der Waals surface area contributed by atoms with E-state index >= 15 is 0 Å². The van der Waals surface area contributed by atoms with Gasteiger partial charge in [0.2, 0.25) is 5.09 Å². The highest BCUT2D eigenvalue weighted by Gasteiger charge is 2.32. The first-order valence-electron chi connectivity index (χ1n) is 6.85. The first-order chi connectivity index (χ1) is 10.7. The van der Waals surface area contributed by atoms with Crippen LogP contribution >= 0.6 is 0 Å². The Morgan fingerprint density at radius 1 is 1.43 bits per heavy atom. The van der Waals surface area contributed by atoms with Crippen molar-refractivity contribution in [1.29, 1.82) is 0 Å². The predicted octanol–water partition coefficient (Wildman–Crippen LogP) is -0.154. The molecule has 2 heterocycles. The Labute approximate surface area is 133 Å². The number of furan rings is 1. The number of rotatable bonds is 5. The molecule has 128 valence electrons. The summed E-state index contributed by atoms with van der Waals surface area (Å²) in [5, 5.41) is 8.57. The third kappa shape index (κ3) is 3.71. The normalized spacial score (nSPS) is 19.1. The Kier molecular flexibility index (Phi) is 5.07. The van der Waals surface area contributed by atoms with Gasteiger partial charge in [-0.2, -0.15) is 0 Å². The number of morpholine rings is 1. The standard InChI is InChI=1S/C13H18N2O7S/c1-14(2)23(19,20)12-5-9(7-22-12)13(18)15-3-4-21-8-10(15)6-11(16)17/h5,7,10H,3-4,6,8H2,1-2H3,(H,16,17). The number of aliphatic carboxylic acids is 1. The monoisotopic (exact) mass is 346 g/mol. The summed E-state index contributed by atoms with van der Waals surface area (Å²) >= 11 is 0. The molecule has 2 rings (SSSR count). The third-order valence-electron chi connectivity index (χ3n) is 3.46. The maximum absolute atomic E-state index is 12.5. The van der Waals surface area contributed by atoms with Gasteiger partial charge in [-0.1, -0.05) is 0 Å². The smallest absolute Gasteiger partial charge is 0.305 e. The molecule has 1 fully saturated rings. The molecule has 1 unspecified atom stereocenters. The zero-order chi connectivity index (χ0) is 17.2. The second-order valence-corrected chi connectivity index (χ2v) is 7.35. The molecule has 0 bridgehead atoms. The maximum Gasteiger partial charge on any atom is 0.305 e. The van der Waals surface area contributed by atoms with E-state index in [0.29, 0.717) is 6.61 Å². The SMILES string of the molecule is CN(C)S(=O)(=O)c1cc(C(=O)N2CCOCC2CC(=O)O)co1. The molecule has 9 nitrogen and oxygen atoms in total. The lowest BCUT2D eigenvalue weighted by molar-refractivity contribution is -0.139. The van der Waals surface area contributed by atoms with Crippen LogP contribution in [0.25, 0.3) is 0 Å². The van der Waals surface area contributed by atoms with Crippen molar-refractivity contribution < 1.29 is 32.3 Å². The lowest BCUT2D eigenvalue weighted by atomic mass is 10.1. The number of hydrogen-bond acceptors (Lipinski definition) is 6. The van der Waals surface area contributed by atoms with Crippen LogP contribution in [0.5, 0.6) is 0 Å². The van der Waals surface area contributed by atoms with Crippen molar-refractivity contribution in [2.75, 3.05) is 33.9 Å². The fourth-order valence-corrected chi connectivity index (χ4v) is 3.01. The average molecular weight is 346 g/mol. The minimum Gasteiger partial charge on any atom is -0.481 e. The van der Waals surface area contributed by atoms with Crippen molar-refractivity contribution in [2.24, 2.45) is 0 Å². The van der Waals surface area contributed by atoms with E-state index in [1.807, 2.05) is 0 Å². The topological polar surface area (TPSA) is 117 Å². The fourth-order valence-electron chi connectivity index (χ4n) is 2.20. The summed E-state index contributed by atoms with van der Waals surface area (Å²) in [6.07, 6.45) is 0.818. The van der Waals surface area contributed by atoms with Crippen molar-refractivity contribution in [3.63, 3.8) is 0 Å². The molecular weight excluding hydrogens is 328 g/mol. The zero-order valence-corrected chi connectivity index (χ0v) is 13.6. The lowest BCUT2D eigenvalue weighted by Crippen LogP contribution is -2.49. The summed E-state index contributed by atoms with van der Waals surface area (Å²) in [4.78, 5) is 24.8. The molecule has 0 saturated carbocycles. The summed E-state index contributed by atoms with van der Waals surface area (Å²) in [7, 11) is -1.07. The van der Waals surface area contributed by atoms with E-state index in [1.165, 1.54) is 19.0 Å². The van der Waals surface area contributed by atoms with E-state index in [9.17, 15) is 18.0 Å². The van der Waals surface area contributed by atoms with E-state index in [0.717, 1.165) is 16.6 Å². The van der Waals surface area contributed by atoms with E-state index < -0.39 is 27.9 Å². The summed E-state index contributed by atoms with van der Waals surface area (Å²) in [6, 6.07) is 0.544. The Balaban J connectivity index is 2.22. The van der Waals surface area contributed by atoms with Gasteiger partial charge in [-0.15, -0.1) is 0 Å². The maximum atomic E-state index is 12.5. The van der Waals surface area contributed by atoms with Crippen LogP contribution in [0.15, 0.2) is 21.8 Å². The van der Waals surface area contributed by atoms with Gasteiger partial charge in [-0.25, -0.2) is 12.7 Å². The van der Waals surface area contributed by atoms with Crippen LogP contribution in [0, 0.1) is 0 Å². The minimum absolute atomic E-state index is 0.0581. The molecule has 1 aliphatic heterocycles. The molecule has 0 aliphatic carbocycles. The highest BCUT2D eigenvalue weighted by atomic mass is 32.2. The van der Waals surface area contributed by atoms with Gasteiger partial charge < -0.3 is 19.2 Å². The molecule has 1 atom stereocenters. The molecule has 1 saturated heterocycles. The van der Waals surface area contributed by atoms with Crippen LogP contribution in [0.2, 0.25) is 0 Å². The Morgan fingerprint density at radius 2 is 2.13 bits per heavy atom. The second kappa shape index (κ2) is 6.69. The Hall–Kier alpha value is -1.91. The average Bonchev–Trinajstić information content (AvgIpc) is 2.96. The second-order valence-electron chi connectivity index (χ2n) is 5.27. The van der Waals surface area contributed by atoms with Crippen molar-refractivity contribution in [2.45, 2.75) is 17.6 Å². The third-order valence-corrected chi connectivity index (χ3v) is 5.14. The van der Waals surface area contributed by atoms with Crippen molar-refractivity contribution in [3.8, 4) is 0 Å². The van der Waals surface area contributed by atoms with Crippen LogP contribution < -0.4 is 0 Å². The van der Waals surface area contributed by atoms with Crippen molar-refractivity contribution in [1.82, 2.24) is 9.21 Å². The number of carbonyl (C=O) groups excluding carboxylic acids is 1. The van der Waals surface area contributed by atoms with Gasteiger partial charge in [0.25, 0.3) is 15.9 Å². The van der Waals surface area contributed by atoms with E-state index in [1.54, 1.807) is 0 Å². The summed E-state index contributed by atoms with van der Waals surface area (Å²) in [5.74, 6) is -1.52. The van der Waals surface area contributed by atoms with Crippen LogP contribution in [0.3, 0.4) is 0 Å². The fraction of sp³-hybridized carbons (Fsp3) is 0.538. The van der Waals surface area contributed by atoms with Crippen LogP contribution in [-0.2, 0) is 19.6 Å². The number of carboxylic acid groups (broad SMARTS) is 1. The van der Waals surface area contributed by atoms with E-state index in [-0.39, 0.29) is 30.2 Å². The van der Waals surface area contributed by atoms with E-state index in [2.05, 4.69) is 0 Å². The Bertz CT molecular complexity index is 695. The zero-order valence-electron chi connectivity index (χ0n) is 12.8. The number of hydrogen-bond donors (Lipinski definition) is 1. The molecule has 1 aromatic rings. The number of amides is 1. The summed E-state index contributed by atoms with van der Waals surface area (Å²) < 4.78 is 35.1. The minimum atomic E-state index is -3.78. The molecule has 1 aliphatic rings. The first kappa shape index (κ1) is 17.4. The summed E-state index contributed by atoms with van der Waals surface area (Å²) in [5.41, 5.74) is 0.0581. The molecule has 1 N–H and O–H groups in total. The van der Waals surface area contributed by atoms with Gasteiger partial charge in [0.05, 0.1) is 31.2 Å². The van der Waals surface area contributed by atoms with Gasteiger partial charge >= 0.3 is 5.97 Å². The molecule has 1 aromatic heterocycles. The highest BCUT2D eigenvalue weighted by Crippen LogP contribution is 2.20.